The van der Waals surface area contributed by atoms with Gasteiger partial charge >= 0.3 is 5.97 Å². The summed E-state index contributed by atoms with van der Waals surface area (Å²) >= 11 is 0. The third kappa shape index (κ3) is 8.88. The number of methoxy groups -OCH3 is 3. The molecule has 2 amide bonds. The minimum Gasteiger partial charge on any atom is -0.497 e. The lowest BCUT2D eigenvalue weighted by atomic mass is 10.0. The number of amides is 2. The van der Waals surface area contributed by atoms with E-state index in [1.54, 1.807) is 59.2 Å². The topological polar surface area (TPSA) is 108 Å². The fourth-order valence-corrected chi connectivity index (χ4v) is 4.91. The predicted molar refractivity (Wildman–Crippen MR) is 181 cm³/mol. The summed E-state index contributed by atoms with van der Waals surface area (Å²) in [5, 5.41) is 0. The zero-order chi connectivity index (χ0) is 34.1. The second kappa shape index (κ2) is 15.3. The van der Waals surface area contributed by atoms with Crippen LogP contribution in [0.4, 0.5) is 11.5 Å². The van der Waals surface area contributed by atoms with Crippen LogP contribution in [0.25, 0.3) is 11.1 Å². The number of esters is 1. The number of rotatable bonds is 12. The van der Waals surface area contributed by atoms with Crippen molar-refractivity contribution >= 4 is 29.3 Å². The predicted octanol–water partition coefficient (Wildman–Crippen LogP) is 6.71. The molecule has 0 fully saturated rings. The molecule has 3 aromatic carbocycles. The van der Waals surface area contributed by atoms with Crippen LogP contribution in [0.15, 0.2) is 85.1 Å². The first-order valence-electron chi connectivity index (χ1n) is 15.1. The van der Waals surface area contributed by atoms with Gasteiger partial charge in [0, 0.05) is 43.0 Å². The number of hydrogen-bond acceptors (Lipinski definition) is 8. The molecule has 4 rings (SSSR count). The van der Waals surface area contributed by atoms with Crippen LogP contribution < -0.4 is 24.0 Å². The third-order valence-corrected chi connectivity index (χ3v) is 7.31. The Morgan fingerprint density at radius 2 is 1.47 bits per heavy atom. The highest BCUT2D eigenvalue weighted by molar-refractivity contribution is 6.08. The van der Waals surface area contributed by atoms with Crippen molar-refractivity contribution in [2.24, 2.45) is 0 Å². The Labute approximate surface area is 275 Å². The van der Waals surface area contributed by atoms with E-state index in [-0.39, 0.29) is 48.3 Å². The first kappa shape index (κ1) is 34.5. The zero-order valence-corrected chi connectivity index (χ0v) is 27.9. The standard InChI is InChI=1S/C37H41N3O7/c1-37(2,3)47-35(42)19-18-34(41)40(24-27-16-17-29(44-5)21-31(27)45-6)33-22-32(46-7)30(23-38-33)36(43)39(4)28-15-11-14-26(20-28)25-12-9-8-10-13-25/h8-17,20-23H,18-19,24H2,1-7H3. The molecular weight excluding hydrogens is 598 g/mol. The zero-order valence-electron chi connectivity index (χ0n) is 27.9. The summed E-state index contributed by atoms with van der Waals surface area (Å²) in [6.07, 6.45) is 1.15. The summed E-state index contributed by atoms with van der Waals surface area (Å²) in [6.45, 7) is 5.37. The van der Waals surface area contributed by atoms with E-state index < -0.39 is 11.6 Å². The van der Waals surface area contributed by atoms with Gasteiger partial charge in [0.1, 0.15) is 34.2 Å². The Hall–Kier alpha value is -5.38. The minimum atomic E-state index is -0.677. The van der Waals surface area contributed by atoms with Gasteiger partial charge in [-0.05, 0) is 56.2 Å². The lowest BCUT2D eigenvalue weighted by Gasteiger charge is -2.25. The van der Waals surface area contributed by atoms with Crippen molar-refractivity contribution in [3.05, 3.63) is 96.2 Å². The number of anilines is 2. The first-order chi connectivity index (χ1) is 22.4. The van der Waals surface area contributed by atoms with Gasteiger partial charge in [-0.25, -0.2) is 4.98 Å². The van der Waals surface area contributed by atoms with Crippen molar-refractivity contribution in [1.29, 1.82) is 0 Å². The highest BCUT2D eigenvalue weighted by atomic mass is 16.6. The van der Waals surface area contributed by atoms with Crippen LogP contribution in [-0.2, 0) is 20.9 Å². The molecular formula is C37H41N3O7. The Kier molecular flexibility index (Phi) is 11.2. The molecule has 1 aromatic heterocycles. The van der Waals surface area contributed by atoms with Gasteiger partial charge in [0.2, 0.25) is 5.91 Å². The second-order valence-corrected chi connectivity index (χ2v) is 11.8. The average Bonchev–Trinajstić information content (AvgIpc) is 3.08. The summed E-state index contributed by atoms with van der Waals surface area (Å²) < 4.78 is 21.9. The molecule has 0 unspecified atom stereocenters. The molecule has 0 aliphatic heterocycles. The maximum absolute atomic E-state index is 13.8. The van der Waals surface area contributed by atoms with Gasteiger partial charge in [-0.2, -0.15) is 0 Å². The van der Waals surface area contributed by atoms with E-state index in [0.29, 0.717) is 22.7 Å². The molecule has 10 nitrogen and oxygen atoms in total. The number of ether oxygens (including phenoxy) is 4. The van der Waals surface area contributed by atoms with Crippen molar-refractivity contribution in [3.63, 3.8) is 0 Å². The monoisotopic (exact) mass is 639 g/mol. The van der Waals surface area contributed by atoms with Crippen LogP contribution in [-0.4, -0.2) is 56.7 Å². The normalized spacial score (nSPS) is 11.0. The van der Waals surface area contributed by atoms with E-state index in [4.69, 9.17) is 18.9 Å². The van der Waals surface area contributed by atoms with Gasteiger partial charge in [-0.1, -0.05) is 42.5 Å². The molecule has 0 spiro atoms. The molecule has 47 heavy (non-hydrogen) atoms. The second-order valence-electron chi connectivity index (χ2n) is 11.8. The summed E-state index contributed by atoms with van der Waals surface area (Å²) in [5.74, 6) is 0.361. The number of carbonyl (C=O) groups excluding carboxylic acids is 3. The lowest BCUT2D eigenvalue weighted by molar-refractivity contribution is -0.155. The van der Waals surface area contributed by atoms with Crippen molar-refractivity contribution in [3.8, 4) is 28.4 Å². The highest BCUT2D eigenvalue weighted by Gasteiger charge is 2.26. The van der Waals surface area contributed by atoms with Crippen LogP contribution >= 0.6 is 0 Å². The number of hydrogen-bond donors (Lipinski definition) is 0. The molecule has 10 heteroatoms. The third-order valence-electron chi connectivity index (χ3n) is 7.31. The van der Waals surface area contributed by atoms with E-state index in [9.17, 15) is 14.4 Å². The molecule has 0 saturated carbocycles. The molecule has 0 aliphatic carbocycles. The molecule has 4 aromatic rings. The summed E-state index contributed by atoms with van der Waals surface area (Å²) in [6, 6.07) is 24.4. The molecule has 1 heterocycles. The van der Waals surface area contributed by atoms with Crippen molar-refractivity contribution < 1.29 is 33.3 Å². The average molecular weight is 640 g/mol. The molecule has 246 valence electrons. The van der Waals surface area contributed by atoms with Gasteiger partial charge in [0.05, 0.1) is 34.3 Å². The van der Waals surface area contributed by atoms with Crippen molar-refractivity contribution in [2.75, 3.05) is 38.2 Å². The van der Waals surface area contributed by atoms with E-state index in [0.717, 1.165) is 11.1 Å². The smallest absolute Gasteiger partial charge is 0.306 e. The van der Waals surface area contributed by atoms with Crippen molar-refractivity contribution in [2.45, 2.75) is 45.8 Å². The SMILES string of the molecule is COc1ccc(CN(C(=O)CCC(=O)OC(C)(C)C)c2cc(OC)c(C(=O)N(C)c3cccc(-c4ccccc4)c3)cn2)c(OC)c1. The fraction of sp³-hybridized carbons (Fsp3) is 0.297. The highest BCUT2D eigenvalue weighted by Crippen LogP contribution is 2.31. The van der Waals surface area contributed by atoms with Gasteiger partial charge in [-0.15, -0.1) is 0 Å². The molecule has 0 N–H and O–H groups in total. The number of nitrogens with zero attached hydrogens (tertiary/aromatic N) is 3. The van der Waals surface area contributed by atoms with Gasteiger partial charge in [0.15, 0.2) is 0 Å². The number of aromatic nitrogens is 1. The molecule has 0 radical (unpaired) electrons. The van der Waals surface area contributed by atoms with Crippen LogP contribution in [0.2, 0.25) is 0 Å². The molecule has 0 atom stereocenters. The van der Waals surface area contributed by atoms with Crippen molar-refractivity contribution in [1.82, 2.24) is 4.98 Å². The Morgan fingerprint density at radius 1 is 0.766 bits per heavy atom. The van der Waals surface area contributed by atoms with E-state index in [1.807, 2.05) is 54.6 Å². The van der Waals surface area contributed by atoms with Gasteiger partial charge in [-0.3, -0.25) is 19.3 Å². The molecule has 0 aliphatic rings. The maximum Gasteiger partial charge on any atom is 0.306 e. The van der Waals surface area contributed by atoms with Gasteiger partial charge in [0.25, 0.3) is 5.91 Å². The first-order valence-corrected chi connectivity index (χ1v) is 15.1. The largest absolute Gasteiger partial charge is 0.497 e. The minimum absolute atomic E-state index is 0.0654. The van der Waals surface area contributed by atoms with Crippen LogP contribution in [0.5, 0.6) is 17.2 Å². The van der Waals surface area contributed by atoms with Crippen LogP contribution in [0.3, 0.4) is 0 Å². The molecule has 0 bridgehead atoms. The lowest BCUT2D eigenvalue weighted by Crippen LogP contribution is -2.33. The number of carbonyl (C=O) groups is 3. The van der Waals surface area contributed by atoms with E-state index >= 15 is 0 Å². The quantitative estimate of drug-likeness (QED) is 0.158. The Morgan fingerprint density at radius 3 is 2.13 bits per heavy atom. The Balaban J connectivity index is 1.65. The van der Waals surface area contributed by atoms with E-state index in [1.165, 1.54) is 30.2 Å². The summed E-state index contributed by atoms with van der Waals surface area (Å²) in [4.78, 5) is 47.4. The maximum atomic E-state index is 13.8. The summed E-state index contributed by atoms with van der Waals surface area (Å²) in [7, 11) is 6.22. The number of pyridine rings is 1. The summed E-state index contributed by atoms with van der Waals surface area (Å²) in [5.41, 5.74) is 2.91. The fourth-order valence-electron chi connectivity index (χ4n) is 4.91. The van der Waals surface area contributed by atoms with E-state index in [2.05, 4.69) is 4.98 Å². The Bertz CT molecular complexity index is 1720. The van der Waals surface area contributed by atoms with Gasteiger partial charge < -0.3 is 23.8 Å². The number of benzene rings is 3. The van der Waals surface area contributed by atoms with Crippen LogP contribution in [0.1, 0.15) is 49.5 Å². The van der Waals surface area contributed by atoms with Crippen LogP contribution in [0, 0.1) is 0 Å². The molecule has 0 saturated heterocycles.